The van der Waals surface area contributed by atoms with Crippen LogP contribution in [0.2, 0.25) is 0 Å². The van der Waals surface area contributed by atoms with Gasteiger partial charge in [-0.15, -0.1) is 0 Å². The Bertz CT molecular complexity index is 602. The van der Waals surface area contributed by atoms with Crippen molar-refractivity contribution >= 4 is 5.69 Å². The van der Waals surface area contributed by atoms with Crippen molar-refractivity contribution < 1.29 is 5.11 Å². The number of hydrogen-bond acceptors (Lipinski definition) is 2. The molecule has 0 amide bonds. The van der Waals surface area contributed by atoms with Gasteiger partial charge in [-0.2, -0.15) is 0 Å². The van der Waals surface area contributed by atoms with Crippen molar-refractivity contribution in [3.63, 3.8) is 0 Å². The highest BCUT2D eigenvalue weighted by molar-refractivity contribution is 5.64. The summed E-state index contributed by atoms with van der Waals surface area (Å²) in [5, 5.41) is 10.5. The molecule has 0 aromatic heterocycles. The molecule has 2 atom stereocenters. The van der Waals surface area contributed by atoms with E-state index in [0.717, 1.165) is 12.0 Å². The number of phenolic OH excluding ortho intramolecular Hbond substituents is 1. The molecule has 2 nitrogen and oxygen atoms in total. The van der Waals surface area contributed by atoms with Crippen molar-refractivity contribution in [2.75, 3.05) is 5.73 Å². The second-order valence-corrected chi connectivity index (χ2v) is 8.76. The summed E-state index contributed by atoms with van der Waals surface area (Å²) >= 11 is 0. The second kappa shape index (κ2) is 4.91. The zero-order valence-electron chi connectivity index (χ0n) is 14.8. The third-order valence-electron chi connectivity index (χ3n) is 6.58. The molecule has 2 aliphatic rings. The van der Waals surface area contributed by atoms with Gasteiger partial charge in [0.1, 0.15) is 5.75 Å². The molecule has 1 saturated carbocycles. The quantitative estimate of drug-likeness (QED) is 0.558. The molecule has 0 heterocycles. The Labute approximate surface area is 135 Å². The molecule has 3 rings (SSSR count). The maximum Gasteiger partial charge on any atom is 0.142 e. The fourth-order valence-electron chi connectivity index (χ4n) is 5.60. The van der Waals surface area contributed by atoms with Gasteiger partial charge in [0, 0.05) is 5.56 Å². The SMILES string of the molecule is CC(C)c1c(O)c(N)cc2c1CCC1C(C)(C)CCCC21C. The van der Waals surface area contributed by atoms with E-state index in [1.165, 1.54) is 36.8 Å². The Morgan fingerprint density at radius 2 is 1.91 bits per heavy atom. The molecule has 2 unspecified atom stereocenters. The zero-order chi connectivity index (χ0) is 16.3. The van der Waals surface area contributed by atoms with Gasteiger partial charge in [0.2, 0.25) is 0 Å². The summed E-state index contributed by atoms with van der Waals surface area (Å²) < 4.78 is 0. The normalized spacial score (nSPS) is 30.0. The molecule has 2 heteroatoms. The Hall–Kier alpha value is -1.18. The van der Waals surface area contributed by atoms with Crippen LogP contribution in [-0.4, -0.2) is 5.11 Å². The van der Waals surface area contributed by atoms with Crippen LogP contribution >= 0.6 is 0 Å². The van der Waals surface area contributed by atoms with Crippen LogP contribution in [-0.2, 0) is 11.8 Å². The van der Waals surface area contributed by atoms with Crippen molar-refractivity contribution in [2.24, 2.45) is 11.3 Å². The monoisotopic (exact) mass is 301 g/mol. The standard InChI is InChI=1S/C20H31NO/c1-12(2)17-13-7-8-16-19(3,4)9-6-10-20(16,5)14(13)11-15(21)18(17)22/h11-12,16,22H,6-10,21H2,1-5H3. The molecule has 3 N–H and O–H groups in total. The van der Waals surface area contributed by atoms with Gasteiger partial charge in [0.15, 0.2) is 0 Å². The summed E-state index contributed by atoms with van der Waals surface area (Å²) in [7, 11) is 0. The molecule has 1 aromatic carbocycles. The predicted molar refractivity (Wildman–Crippen MR) is 93.4 cm³/mol. The summed E-state index contributed by atoms with van der Waals surface area (Å²) in [6.45, 7) is 11.6. The van der Waals surface area contributed by atoms with Gasteiger partial charge in [-0.05, 0) is 65.5 Å². The lowest BCUT2D eigenvalue weighted by atomic mass is 9.50. The van der Waals surface area contributed by atoms with Crippen LogP contribution in [0.25, 0.3) is 0 Å². The van der Waals surface area contributed by atoms with Gasteiger partial charge in [0.05, 0.1) is 5.69 Å². The van der Waals surface area contributed by atoms with E-state index in [9.17, 15) is 5.11 Å². The van der Waals surface area contributed by atoms with Gasteiger partial charge in [0.25, 0.3) is 0 Å². The molecule has 1 aromatic rings. The highest BCUT2D eigenvalue weighted by Gasteiger charge is 2.50. The molecule has 122 valence electrons. The Kier molecular flexibility index (Phi) is 3.50. The number of rotatable bonds is 1. The Balaban J connectivity index is 2.23. The van der Waals surface area contributed by atoms with E-state index in [1.807, 2.05) is 0 Å². The molecule has 0 radical (unpaired) electrons. The van der Waals surface area contributed by atoms with Crippen LogP contribution in [0.5, 0.6) is 5.75 Å². The number of nitrogens with two attached hydrogens (primary N) is 1. The molecule has 0 saturated heterocycles. The first kappa shape index (κ1) is 15.7. The van der Waals surface area contributed by atoms with E-state index in [0.29, 0.717) is 28.7 Å². The summed E-state index contributed by atoms with van der Waals surface area (Å²) in [6, 6.07) is 2.09. The van der Waals surface area contributed by atoms with Crippen LogP contribution in [0.1, 0.15) is 82.9 Å². The predicted octanol–water partition coefficient (Wildman–Crippen LogP) is 5.13. The lowest BCUT2D eigenvalue weighted by Gasteiger charge is -2.55. The third-order valence-corrected chi connectivity index (χ3v) is 6.58. The van der Waals surface area contributed by atoms with E-state index >= 15 is 0 Å². The lowest BCUT2D eigenvalue weighted by molar-refractivity contribution is 0.0405. The van der Waals surface area contributed by atoms with Crippen molar-refractivity contribution in [1.82, 2.24) is 0 Å². The van der Waals surface area contributed by atoms with E-state index in [4.69, 9.17) is 5.73 Å². The van der Waals surface area contributed by atoms with E-state index in [-0.39, 0.29) is 5.41 Å². The first-order valence-corrected chi connectivity index (χ1v) is 8.83. The van der Waals surface area contributed by atoms with Gasteiger partial charge >= 0.3 is 0 Å². The van der Waals surface area contributed by atoms with Crippen molar-refractivity contribution in [1.29, 1.82) is 0 Å². The largest absolute Gasteiger partial charge is 0.505 e. The molecule has 0 spiro atoms. The summed E-state index contributed by atoms with van der Waals surface area (Å²) in [5.74, 6) is 1.35. The molecular formula is C20H31NO. The maximum atomic E-state index is 10.5. The Morgan fingerprint density at radius 3 is 2.55 bits per heavy atom. The molecule has 1 fully saturated rings. The molecule has 0 aliphatic heterocycles. The highest BCUT2D eigenvalue weighted by Crippen LogP contribution is 2.58. The van der Waals surface area contributed by atoms with Crippen LogP contribution < -0.4 is 5.73 Å². The zero-order valence-corrected chi connectivity index (χ0v) is 14.8. The van der Waals surface area contributed by atoms with Crippen molar-refractivity contribution in [2.45, 2.75) is 78.1 Å². The van der Waals surface area contributed by atoms with Gasteiger partial charge in [-0.1, -0.05) is 41.0 Å². The van der Waals surface area contributed by atoms with Crippen LogP contribution in [0.3, 0.4) is 0 Å². The minimum Gasteiger partial charge on any atom is -0.505 e. The van der Waals surface area contributed by atoms with Crippen LogP contribution in [0.15, 0.2) is 6.07 Å². The molecular weight excluding hydrogens is 270 g/mol. The molecule has 0 bridgehead atoms. The number of aromatic hydroxyl groups is 1. The van der Waals surface area contributed by atoms with E-state index in [1.54, 1.807) is 0 Å². The number of nitrogen functional groups attached to an aromatic ring is 1. The average molecular weight is 301 g/mol. The van der Waals surface area contributed by atoms with Gasteiger partial charge in [-0.3, -0.25) is 0 Å². The van der Waals surface area contributed by atoms with Crippen molar-refractivity contribution in [3.8, 4) is 5.75 Å². The highest BCUT2D eigenvalue weighted by atomic mass is 16.3. The summed E-state index contributed by atoms with van der Waals surface area (Å²) in [6.07, 6.45) is 6.18. The fourth-order valence-corrected chi connectivity index (χ4v) is 5.60. The second-order valence-electron chi connectivity index (χ2n) is 8.76. The maximum absolute atomic E-state index is 10.5. The number of benzene rings is 1. The van der Waals surface area contributed by atoms with Gasteiger partial charge in [-0.25, -0.2) is 0 Å². The third kappa shape index (κ3) is 2.06. The van der Waals surface area contributed by atoms with Crippen LogP contribution in [0, 0.1) is 11.3 Å². The number of anilines is 1. The van der Waals surface area contributed by atoms with Crippen LogP contribution in [0.4, 0.5) is 5.69 Å². The van der Waals surface area contributed by atoms with Crippen molar-refractivity contribution in [3.05, 3.63) is 22.8 Å². The first-order chi connectivity index (χ1) is 10.2. The minimum atomic E-state index is 0.209. The fraction of sp³-hybridized carbons (Fsp3) is 0.700. The number of phenols is 1. The number of fused-ring (bicyclic) bond motifs is 3. The molecule has 2 aliphatic carbocycles. The topological polar surface area (TPSA) is 46.2 Å². The summed E-state index contributed by atoms with van der Waals surface area (Å²) in [4.78, 5) is 0. The average Bonchev–Trinajstić information content (AvgIpc) is 2.39. The van der Waals surface area contributed by atoms with E-state index in [2.05, 4.69) is 40.7 Å². The Morgan fingerprint density at radius 1 is 1.23 bits per heavy atom. The minimum absolute atomic E-state index is 0.209. The first-order valence-electron chi connectivity index (χ1n) is 8.83. The molecule has 22 heavy (non-hydrogen) atoms. The summed E-state index contributed by atoms with van der Waals surface area (Å²) in [5.41, 5.74) is 11.3. The smallest absolute Gasteiger partial charge is 0.142 e. The number of hydrogen-bond donors (Lipinski definition) is 2. The lowest BCUT2D eigenvalue weighted by Crippen LogP contribution is -2.48. The van der Waals surface area contributed by atoms with Gasteiger partial charge < -0.3 is 10.8 Å². The van der Waals surface area contributed by atoms with E-state index < -0.39 is 0 Å².